The molecule has 2 atom stereocenters. The lowest BCUT2D eigenvalue weighted by Gasteiger charge is -2.11. The summed E-state index contributed by atoms with van der Waals surface area (Å²) in [6.45, 7) is 2.14. The van der Waals surface area contributed by atoms with Gasteiger partial charge in [-0.3, -0.25) is 10.1 Å². The molecule has 2 unspecified atom stereocenters. The molecule has 5 heteroatoms. The van der Waals surface area contributed by atoms with Crippen molar-refractivity contribution in [2.45, 2.75) is 31.2 Å². The van der Waals surface area contributed by atoms with Gasteiger partial charge in [0.2, 0.25) is 6.04 Å². The van der Waals surface area contributed by atoms with Crippen molar-refractivity contribution in [2.24, 2.45) is 5.73 Å². The summed E-state index contributed by atoms with van der Waals surface area (Å²) >= 11 is 5.71. The first kappa shape index (κ1) is 10.7. The van der Waals surface area contributed by atoms with Crippen molar-refractivity contribution in [3.05, 3.63) is 10.1 Å². The number of nitrogens with zero attached hydrogens (tertiary/aromatic N) is 1. The van der Waals surface area contributed by atoms with Crippen molar-refractivity contribution in [1.82, 2.24) is 0 Å². The van der Waals surface area contributed by atoms with Gasteiger partial charge in [0.25, 0.3) is 0 Å². The normalized spacial score (nSPS) is 15.9. The van der Waals surface area contributed by atoms with Crippen molar-refractivity contribution < 1.29 is 4.92 Å². The molecule has 0 aromatic heterocycles. The van der Waals surface area contributed by atoms with Gasteiger partial charge < -0.3 is 5.73 Å². The van der Waals surface area contributed by atoms with Gasteiger partial charge in [-0.1, -0.05) is 6.92 Å². The lowest BCUT2D eigenvalue weighted by Crippen LogP contribution is -2.31. The van der Waals surface area contributed by atoms with E-state index in [1.165, 1.54) is 0 Å². The third kappa shape index (κ3) is 3.53. The van der Waals surface area contributed by atoms with Gasteiger partial charge in [-0.25, -0.2) is 0 Å². The molecule has 4 nitrogen and oxygen atoms in total. The predicted octanol–water partition coefficient (Wildman–Crippen LogP) is 0.998. The number of alkyl halides is 1. The molecule has 0 bridgehead atoms. The Kier molecular flexibility index (Phi) is 5.15. The fourth-order valence-electron chi connectivity index (χ4n) is 0.861. The van der Waals surface area contributed by atoms with Gasteiger partial charge in [0.05, 0.1) is 0 Å². The molecule has 0 rings (SSSR count). The molecule has 0 amide bonds. The van der Waals surface area contributed by atoms with E-state index in [1.807, 2.05) is 6.92 Å². The number of nitro groups is 1. The van der Waals surface area contributed by atoms with Gasteiger partial charge >= 0.3 is 0 Å². The van der Waals surface area contributed by atoms with Gasteiger partial charge in [-0.05, 0) is 13.0 Å². The summed E-state index contributed by atoms with van der Waals surface area (Å²) in [6, 6.07) is -0.688. The van der Waals surface area contributed by atoms with E-state index in [1.54, 1.807) is 0 Å². The maximum atomic E-state index is 10.4. The van der Waals surface area contributed by atoms with Crippen LogP contribution in [0.2, 0.25) is 0 Å². The van der Waals surface area contributed by atoms with Crippen LogP contribution >= 0.6 is 11.6 Å². The Bertz CT molecular complexity index is 132. The number of hydrogen-bond acceptors (Lipinski definition) is 3. The van der Waals surface area contributed by atoms with Crippen molar-refractivity contribution in [2.75, 3.05) is 6.54 Å². The third-order valence-electron chi connectivity index (χ3n) is 1.54. The van der Waals surface area contributed by atoms with Crippen LogP contribution in [0.25, 0.3) is 0 Å². The smallest absolute Gasteiger partial charge is 0.230 e. The maximum absolute atomic E-state index is 10.4. The SMILES string of the molecule is CCC(Cl)C(CCN)[N+](=O)[O-]. The molecule has 0 aliphatic carbocycles. The second-order valence-corrected chi connectivity index (χ2v) is 2.91. The summed E-state index contributed by atoms with van der Waals surface area (Å²) in [5, 5.41) is 9.96. The molecule has 0 spiro atoms. The summed E-state index contributed by atoms with van der Waals surface area (Å²) in [5.41, 5.74) is 5.20. The first-order valence-electron chi connectivity index (χ1n) is 3.61. The Morgan fingerprint density at radius 3 is 2.55 bits per heavy atom. The van der Waals surface area contributed by atoms with E-state index in [-0.39, 0.29) is 4.92 Å². The Hall–Kier alpha value is -0.350. The molecule has 0 aromatic rings. The lowest BCUT2D eigenvalue weighted by molar-refractivity contribution is -0.522. The molecule has 2 N–H and O–H groups in total. The van der Waals surface area contributed by atoms with E-state index in [0.717, 1.165) is 0 Å². The van der Waals surface area contributed by atoms with E-state index in [4.69, 9.17) is 17.3 Å². The molecule has 0 fully saturated rings. The minimum absolute atomic E-state index is 0.314. The van der Waals surface area contributed by atoms with Gasteiger partial charge in [-0.2, -0.15) is 0 Å². The van der Waals surface area contributed by atoms with Gasteiger partial charge in [0.15, 0.2) is 0 Å². The minimum atomic E-state index is -0.688. The van der Waals surface area contributed by atoms with Crippen LogP contribution < -0.4 is 5.73 Å². The van der Waals surface area contributed by atoms with Crippen LogP contribution in [0.4, 0.5) is 0 Å². The molecule has 0 saturated carbocycles. The summed E-state index contributed by atoms with van der Waals surface area (Å²) in [5.74, 6) is 0. The monoisotopic (exact) mass is 180 g/mol. The van der Waals surface area contributed by atoms with Crippen LogP contribution in [0.1, 0.15) is 19.8 Å². The van der Waals surface area contributed by atoms with Crippen LogP contribution in [0, 0.1) is 10.1 Å². The maximum Gasteiger partial charge on any atom is 0.230 e. The Balaban J connectivity index is 3.97. The highest BCUT2D eigenvalue weighted by Gasteiger charge is 2.26. The van der Waals surface area contributed by atoms with Crippen molar-refractivity contribution in [1.29, 1.82) is 0 Å². The van der Waals surface area contributed by atoms with Gasteiger partial charge in [-0.15, -0.1) is 11.6 Å². The Morgan fingerprint density at radius 1 is 1.73 bits per heavy atom. The van der Waals surface area contributed by atoms with E-state index in [2.05, 4.69) is 0 Å². The molecule has 11 heavy (non-hydrogen) atoms. The second kappa shape index (κ2) is 5.32. The fraction of sp³-hybridized carbons (Fsp3) is 1.00. The summed E-state index contributed by atoms with van der Waals surface area (Å²) in [6.07, 6.45) is 0.961. The third-order valence-corrected chi connectivity index (χ3v) is 2.14. The molecule has 0 aliphatic heterocycles. The van der Waals surface area contributed by atoms with Crippen LogP contribution in [-0.2, 0) is 0 Å². The molecule has 0 radical (unpaired) electrons. The Labute approximate surface area is 70.9 Å². The van der Waals surface area contributed by atoms with E-state index >= 15 is 0 Å². The van der Waals surface area contributed by atoms with E-state index in [0.29, 0.717) is 19.4 Å². The van der Waals surface area contributed by atoms with Gasteiger partial charge in [0.1, 0.15) is 5.38 Å². The quantitative estimate of drug-likeness (QED) is 0.390. The summed E-state index contributed by atoms with van der Waals surface area (Å²) < 4.78 is 0. The average Bonchev–Trinajstić information content (AvgIpc) is 1.98. The van der Waals surface area contributed by atoms with Crippen molar-refractivity contribution in [3.63, 3.8) is 0 Å². The molecule has 0 aliphatic rings. The Morgan fingerprint density at radius 2 is 2.27 bits per heavy atom. The highest BCUT2D eigenvalue weighted by atomic mass is 35.5. The largest absolute Gasteiger partial charge is 0.330 e. The van der Waals surface area contributed by atoms with Gasteiger partial charge in [0, 0.05) is 11.3 Å². The standard InChI is InChI=1S/C6H13ClN2O2/c1-2-5(7)6(3-4-8)9(10)11/h5-6H,2-4,8H2,1H3. The zero-order valence-corrected chi connectivity index (χ0v) is 7.25. The molecular weight excluding hydrogens is 168 g/mol. The average molecular weight is 181 g/mol. The van der Waals surface area contributed by atoms with Crippen molar-refractivity contribution in [3.8, 4) is 0 Å². The summed E-state index contributed by atoms with van der Waals surface area (Å²) in [7, 11) is 0. The molecular formula is C6H13ClN2O2. The molecule has 0 saturated heterocycles. The zero-order chi connectivity index (χ0) is 8.85. The first-order chi connectivity index (χ1) is 5.13. The fourth-order valence-corrected chi connectivity index (χ4v) is 1.08. The number of rotatable bonds is 5. The molecule has 0 heterocycles. The van der Waals surface area contributed by atoms with E-state index < -0.39 is 11.4 Å². The van der Waals surface area contributed by atoms with Crippen LogP contribution in [-0.4, -0.2) is 22.9 Å². The number of nitrogens with two attached hydrogens (primary N) is 1. The highest BCUT2D eigenvalue weighted by Crippen LogP contribution is 2.12. The van der Waals surface area contributed by atoms with Crippen LogP contribution in [0.15, 0.2) is 0 Å². The highest BCUT2D eigenvalue weighted by molar-refractivity contribution is 6.20. The molecule has 66 valence electrons. The van der Waals surface area contributed by atoms with Crippen LogP contribution in [0.3, 0.4) is 0 Å². The topological polar surface area (TPSA) is 69.2 Å². The second-order valence-electron chi connectivity index (χ2n) is 2.35. The minimum Gasteiger partial charge on any atom is -0.330 e. The first-order valence-corrected chi connectivity index (χ1v) is 4.04. The predicted molar refractivity (Wildman–Crippen MR) is 44.4 cm³/mol. The zero-order valence-electron chi connectivity index (χ0n) is 6.50. The summed E-state index contributed by atoms with van der Waals surface area (Å²) in [4.78, 5) is 10.0. The number of halogens is 1. The van der Waals surface area contributed by atoms with Crippen molar-refractivity contribution >= 4 is 11.6 Å². The molecule has 0 aromatic carbocycles. The van der Waals surface area contributed by atoms with Crippen LogP contribution in [0.5, 0.6) is 0 Å². The lowest BCUT2D eigenvalue weighted by atomic mass is 10.1. The van der Waals surface area contributed by atoms with E-state index in [9.17, 15) is 10.1 Å². The number of hydrogen-bond donors (Lipinski definition) is 1.